The number of hydrogen-bond acceptors (Lipinski definition) is 2. The molecule has 2 aromatic rings. The van der Waals surface area contributed by atoms with Gasteiger partial charge >= 0.3 is 0 Å². The van der Waals surface area contributed by atoms with E-state index in [1.807, 2.05) is 36.4 Å². The third-order valence-electron chi connectivity index (χ3n) is 4.56. The van der Waals surface area contributed by atoms with E-state index in [-0.39, 0.29) is 17.5 Å². The van der Waals surface area contributed by atoms with Crippen LogP contribution in [0.3, 0.4) is 0 Å². The number of allylic oxidation sites excluding steroid dienone is 1. The van der Waals surface area contributed by atoms with Gasteiger partial charge in [-0.25, -0.2) is 0 Å². The van der Waals surface area contributed by atoms with Gasteiger partial charge in [-0.2, -0.15) is 0 Å². The Morgan fingerprint density at radius 3 is 2.52 bits per heavy atom. The molecule has 0 N–H and O–H groups in total. The van der Waals surface area contributed by atoms with Crippen LogP contribution in [0.25, 0.3) is 6.08 Å². The van der Waals surface area contributed by atoms with Gasteiger partial charge in [0.2, 0.25) is 0 Å². The van der Waals surface area contributed by atoms with Gasteiger partial charge in [-0.3, -0.25) is 9.59 Å². The highest BCUT2D eigenvalue weighted by atomic mass is 16.1. The first-order valence-electron chi connectivity index (χ1n) is 7.89. The van der Waals surface area contributed by atoms with E-state index < -0.39 is 0 Å². The fourth-order valence-corrected chi connectivity index (χ4v) is 3.20. The Kier molecular flexibility index (Phi) is 3.99. The summed E-state index contributed by atoms with van der Waals surface area (Å²) in [4.78, 5) is 24.4. The third kappa shape index (κ3) is 2.89. The number of carbonyl (C=O) groups is 2. The van der Waals surface area contributed by atoms with E-state index in [2.05, 4.69) is 26.0 Å². The summed E-state index contributed by atoms with van der Waals surface area (Å²) >= 11 is 0. The first-order valence-corrected chi connectivity index (χ1v) is 7.89. The summed E-state index contributed by atoms with van der Waals surface area (Å²) in [5, 5.41) is 0. The number of Topliss-reactive ketones (excluding diaryl/α,β-unsaturated/α-hetero) is 2. The Morgan fingerprint density at radius 2 is 1.83 bits per heavy atom. The zero-order valence-corrected chi connectivity index (χ0v) is 13.7. The first kappa shape index (κ1) is 15.4. The van der Waals surface area contributed by atoms with Gasteiger partial charge in [0, 0.05) is 23.5 Å². The average Bonchev–Trinajstić information content (AvgIpc) is 2.77. The molecular weight excluding hydrogens is 284 g/mol. The lowest BCUT2D eigenvalue weighted by Crippen LogP contribution is -2.05. The summed E-state index contributed by atoms with van der Waals surface area (Å²) in [7, 11) is 0. The standard InChI is InChI=1S/C21H20O2/c1-13-8-9-16(10-14(13)2)12-20-19(11-15(3)22)17-6-4-5-7-18(17)21(20)23/h4-10,12,19H,11H2,1-3H3/b20-12-. The molecule has 0 spiro atoms. The van der Waals surface area contributed by atoms with Gasteiger partial charge in [-0.1, -0.05) is 42.5 Å². The van der Waals surface area contributed by atoms with Crippen LogP contribution in [0.1, 0.15) is 51.9 Å². The molecule has 2 heteroatoms. The highest BCUT2D eigenvalue weighted by Crippen LogP contribution is 2.40. The first-order chi connectivity index (χ1) is 11.0. The van der Waals surface area contributed by atoms with Gasteiger partial charge in [-0.05, 0) is 49.1 Å². The van der Waals surface area contributed by atoms with Gasteiger partial charge in [0.25, 0.3) is 0 Å². The van der Waals surface area contributed by atoms with Crippen LogP contribution in [-0.4, -0.2) is 11.6 Å². The molecule has 0 bridgehead atoms. The van der Waals surface area contributed by atoms with Crippen molar-refractivity contribution < 1.29 is 9.59 Å². The summed E-state index contributed by atoms with van der Waals surface area (Å²) in [6.45, 7) is 5.72. The van der Waals surface area contributed by atoms with E-state index in [1.165, 1.54) is 11.1 Å². The molecule has 1 aliphatic carbocycles. The van der Waals surface area contributed by atoms with Crippen molar-refractivity contribution >= 4 is 17.6 Å². The van der Waals surface area contributed by atoms with Crippen molar-refractivity contribution in [2.24, 2.45) is 0 Å². The lowest BCUT2D eigenvalue weighted by molar-refractivity contribution is -0.117. The van der Waals surface area contributed by atoms with Crippen molar-refractivity contribution in [2.45, 2.75) is 33.1 Å². The maximum Gasteiger partial charge on any atom is 0.189 e. The van der Waals surface area contributed by atoms with Crippen LogP contribution in [-0.2, 0) is 4.79 Å². The van der Waals surface area contributed by atoms with E-state index in [4.69, 9.17) is 0 Å². The third-order valence-corrected chi connectivity index (χ3v) is 4.56. The normalized spacial score (nSPS) is 18.3. The zero-order chi connectivity index (χ0) is 16.6. The Balaban J connectivity index is 2.09. The predicted octanol–water partition coefficient (Wildman–Crippen LogP) is 4.65. The van der Waals surface area contributed by atoms with Crippen LogP contribution in [0.5, 0.6) is 0 Å². The molecule has 0 fully saturated rings. The second-order valence-corrected chi connectivity index (χ2v) is 6.32. The molecule has 0 saturated carbocycles. The zero-order valence-electron chi connectivity index (χ0n) is 13.7. The van der Waals surface area contributed by atoms with Gasteiger partial charge in [-0.15, -0.1) is 0 Å². The summed E-state index contributed by atoms with van der Waals surface area (Å²) < 4.78 is 0. The number of aryl methyl sites for hydroxylation is 2. The van der Waals surface area contributed by atoms with E-state index in [1.54, 1.807) is 6.92 Å². The summed E-state index contributed by atoms with van der Waals surface area (Å²) in [6.07, 6.45) is 2.32. The number of benzene rings is 2. The maximum atomic E-state index is 12.8. The highest BCUT2D eigenvalue weighted by Gasteiger charge is 2.34. The number of carbonyl (C=O) groups excluding carboxylic acids is 2. The Labute approximate surface area is 136 Å². The van der Waals surface area contributed by atoms with Crippen molar-refractivity contribution in [3.8, 4) is 0 Å². The quantitative estimate of drug-likeness (QED) is 0.774. The molecule has 3 rings (SSSR count). The predicted molar refractivity (Wildman–Crippen MR) is 92.7 cm³/mol. The highest BCUT2D eigenvalue weighted by molar-refractivity contribution is 6.17. The number of ketones is 2. The second kappa shape index (κ2) is 5.96. The summed E-state index contributed by atoms with van der Waals surface area (Å²) in [5.74, 6) is 0.0216. The molecule has 116 valence electrons. The number of fused-ring (bicyclic) bond motifs is 1. The van der Waals surface area contributed by atoms with Crippen molar-refractivity contribution in [3.63, 3.8) is 0 Å². The average molecular weight is 304 g/mol. The number of rotatable bonds is 3. The maximum absolute atomic E-state index is 12.8. The Morgan fingerprint density at radius 1 is 1.09 bits per heavy atom. The second-order valence-electron chi connectivity index (χ2n) is 6.32. The van der Waals surface area contributed by atoms with Gasteiger partial charge < -0.3 is 0 Å². The van der Waals surface area contributed by atoms with Crippen LogP contribution in [0.2, 0.25) is 0 Å². The van der Waals surface area contributed by atoms with Gasteiger partial charge in [0.15, 0.2) is 5.78 Å². The molecule has 2 aromatic carbocycles. The SMILES string of the molecule is CC(=O)CC1/C(=C/c2ccc(C)c(C)c2)C(=O)c2ccccc21. The molecular formula is C21H20O2. The smallest absolute Gasteiger partial charge is 0.189 e. The lowest BCUT2D eigenvalue weighted by Gasteiger charge is -2.11. The van der Waals surface area contributed by atoms with Crippen LogP contribution in [0.4, 0.5) is 0 Å². The Hall–Kier alpha value is -2.48. The molecule has 2 nitrogen and oxygen atoms in total. The monoisotopic (exact) mass is 304 g/mol. The topological polar surface area (TPSA) is 34.1 Å². The fraction of sp³-hybridized carbons (Fsp3) is 0.238. The molecule has 23 heavy (non-hydrogen) atoms. The van der Waals surface area contributed by atoms with Crippen LogP contribution in [0.15, 0.2) is 48.0 Å². The van der Waals surface area contributed by atoms with Crippen molar-refractivity contribution in [2.75, 3.05) is 0 Å². The molecule has 0 amide bonds. The molecule has 0 aliphatic heterocycles. The summed E-state index contributed by atoms with van der Waals surface area (Å²) in [6, 6.07) is 13.8. The molecule has 1 unspecified atom stereocenters. The van der Waals surface area contributed by atoms with Crippen LogP contribution < -0.4 is 0 Å². The van der Waals surface area contributed by atoms with Gasteiger partial charge in [0.05, 0.1) is 0 Å². The summed E-state index contributed by atoms with van der Waals surface area (Å²) in [5.41, 5.74) is 5.87. The van der Waals surface area contributed by atoms with Crippen LogP contribution in [0, 0.1) is 13.8 Å². The minimum atomic E-state index is -0.127. The molecule has 0 saturated heterocycles. The van der Waals surface area contributed by atoms with Crippen molar-refractivity contribution in [1.82, 2.24) is 0 Å². The molecule has 0 aromatic heterocycles. The lowest BCUT2D eigenvalue weighted by atomic mass is 9.91. The number of hydrogen-bond donors (Lipinski definition) is 0. The molecule has 1 aliphatic rings. The fourth-order valence-electron chi connectivity index (χ4n) is 3.20. The van der Waals surface area contributed by atoms with E-state index in [0.29, 0.717) is 6.42 Å². The van der Waals surface area contributed by atoms with Gasteiger partial charge in [0.1, 0.15) is 5.78 Å². The van der Waals surface area contributed by atoms with Crippen LogP contribution >= 0.6 is 0 Å². The van der Waals surface area contributed by atoms with Crippen molar-refractivity contribution in [1.29, 1.82) is 0 Å². The minimum absolute atomic E-state index is 0.0464. The molecule has 1 atom stereocenters. The molecule has 0 heterocycles. The van der Waals surface area contributed by atoms with E-state index in [0.717, 1.165) is 22.3 Å². The Bertz CT molecular complexity index is 827. The van der Waals surface area contributed by atoms with Crippen molar-refractivity contribution in [3.05, 3.63) is 75.9 Å². The largest absolute Gasteiger partial charge is 0.300 e. The van der Waals surface area contributed by atoms with E-state index in [9.17, 15) is 9.59 Å². The molecule has 0 radical (unpaired) electrons. The minimum Gasteiger partial charge on any atom is -0.300 e. The van der Waals surface area contributed by atoms with E-state index >= 15 is 0 Å².